The summed E-state index contributed by atoms with van der Waals surface area (Å²) in [6.07, 6.45) is -0.562. The quantitative estimate of drug-likeness (QED) is 0.655. The van der Waals surface area contributed by atoms with Crippen LogP contribution in [0.2, 0.25) is 0 Å². The molecule has 0 saturated carbocycles. The molecule has 160 valence electrons. The molecule has 0 unspecified atom stereocenters. The molecular formula is C23H27NO6. The molecule has 0 aliphatic carbocycles. The third-order valence-corrected chi connectivity index (χ3v) is 4.64. The van der Waals surface area contributed by atoms with E-state index in [4.69, 9.17) is 14.2 Å². The van der Waals surface area contributed by atoms with Crippen LogP contribution in [0.1, 0.15) is 31.9 Å². The lowest BCUT2D eigenvalue weighted by Gasteiger charge is -2.21. The van der Waals surface area contributed by atoms with Gasteiger partial charge in [-0.15, -0.1) is 0 Å². The Bertz CT molecular complexity index is 1060. The van der Waals surface area contributed by atoms with Crippen LogP contribution in [0.15, 0.2) is 36.4 Å². The van der Waals surface area contributed by atoms with Crippen molar-refractivity contribution in [2.45, 2.75) is 39.6 Å². The molecule has 30 heavy (non-hydrogen) atoms. The number of hydrogen-bond acceptors (Lipinski definition) is 6. The van der Waals surface area contributed by atoms with Crippen LogP contribution in [0.25, 0.3) is 22.2 Å². The summed E-state index contributed by atoms with van der Waals surface area (Å²) in [5.74, 6) is 1.15. The van der Waals surface area contributed by atoms with Gasteiger partial charge >= 0.3 is 6.09 Å². The van der Waals surface area contributed by atoms with E-state index in [9.17, 15) is 15.0 Å². The van der Waals surface area contributed by atoms with E-state index in [1.165, 1.54) is 4.57 Å². The van der Waals surface area contributed by atoms with Gasteiger partial charge in [-0.05, 0) is 56.2 Å². The van der Waals surface area contributed by atoms with Gasteiger partial charge < -0.3 is 24.4 Å². The molecule has 2 N–H and O–H groups in total. The first kappa shape index (κ1) is 21.7. The maximum Gasteiger partial charge on any atom is 0.419 e. The second kappa shape index (κ2) is 8.38. The number of nitrogens with zero attached hydrogens (tertiary/aromatic N) is 1. The first-order valence-corrected chi connectivity index (χ1v) is 9.56. The minimum Gasteiger partial charge on any atom is -0.497 e. The predicted octanol–water partition coefficient (Wildman–Crippen LogP) is 4.09. The Kier molecular flexibility index (Phi) is 6.05. The van der Waals surface area contributed by atoms with Crippen molar-refractivity contribution in [1.29, 1.82) is 0 Å². The van der Waals surface area contributed by atoms with E-state index in [2.05, 4.69) is 0 Å². The van der Waals surface area contributed by atoms with Gasteiger partial charge in [0.1, 0.15) is 17.1 Å². The Balaban J connectivity index is 2.35. The number of carbonyl (C=O) groups is 1. The van der Waals surface area contributed by atoms with Crippen molar-refractivity contribution in [1.82, 2.24) is 4.57 Å². The zero-order valence-corrected chi connectivity index (χ0v) is 17.9. The maximum atomic E-state index is 13.2. The number of aliphatic hydroxyl groups excluding tert-OH is 2. The molecule has 0 aliphatic rings. The lowest BCUT2D eigenvalue weighted by atomic mass is 10.1. The van der Waals surface area contributed by atoms with Crippen LogP contribution in [0.3, 0.4) is 0 Å². The largest absolute Gasteiger partial charge is 0.497 e. The van der Waals surface area contributed by atoms with E-state index < -0.39 is 11.7 Å². The molecule has 3 aromatic rings. The van der Waals surface area contributed by atoms with Crippen molar-refractivity contribution < 1.29 is 29.2 Å². The van der Waals surface area contributed by atoms with Gasteiger partial charge in [-0.1, -0.05) is 6.07 Å². The maximum absolute atomic E-state index is 13.2. The van der Waals surface area contributed by atoms with Crippen LogP contribution >= 0.6 is 0 Å². The highest BCUT2D eigenvalue weighted by Gasteiger charge is 2.24. The molecule has 3 rings (SSSR count). The minimum absolute atomic E-state index is 0.218. The van der Waals surface area contributed by atoms with Crippen LogP contribution in [0, 0.1) is 0 Å². The number of rotatable bonds is 5. The Hall–Kier alpha value is -3.03. The van der Waals surface area contributed by atoms with E-state index in [-0.39, 0.29) is 13.2 Å². The molecule has 2 aromatic carbocycles. The van der Waals surface area contributed by atoms with E-state index in [0.29, 0.717) is 44.8 Å². The number of carbonyl (C=O) groups excluding carboxylic acids is 1. The van der Waals surface area contributed by atoms with Gasteiger partial charge in [-0.2, -0.15) is 0 Å². The number of benzene rings is 2. The summed E-state index contributed by atoms with van der Waals surface area (Å²) < 4.78 is 17.9. The molecule has 0 aliphatic heterocycles. The Labute approximate surface area is 175 Å². The van der Waals surface area contributed by atoms with E-state index in [0.717, 1.165) is 0 Å². The second-order valence-corrected chi connectivity index (χ2v) is 7.95. The first-order valence-electron chi connectivity index (χ1n) is 9.56. The third kappa shape index (κ3) is 4.27. The van der Waals surface area contributed by atoms with Crippen LogP contribution in [0.4, 0.5) is 4.79 Å². The summed E-state index contributed by atoms with van der Waals surface area (Å²) in [4.78, 5) is 13.2. The fourth-order valence-corrected chi connectivity index (χ4v) is 3.34. The molecule has 0 amide bonds. The number of aliphatic hydroxyl groups is 2. The van der Waals surface area contributed by atoms with E-state index >= 15 is 0 Å². The van der Waals surface area contributed by atoms with Crippen molar-refractivity contribution in [3.05, 3.63) is 47.5 Å². The monoisotopic (exact) mass is 413 g/mol. The Morgan fingerprint density at radius 2 is 1.57 bits per heavy atom. The van der Waals surface area contributed by atoms with E-state index in [1.54, 1.807) is 65.3 Å². The van der Waals surface area contributed by atoms with E-state index in [1.807, 2.05) is 6.07 Å². The summed E-state index contributed by atoms with van der Waals surface area (Å²) in [5.41, 5.74) is 2.27. The summed E-state index contributed by atoms with van der Waals surface area (Å²) >= 11 is 0. The highest BCUT2D eigenvalue weighted by molar-refractivity contribution is 5.98. The Morgan fingerprint density at radius 1 is 0.933 bits per heavy atom. The van der Waals surface area contributed by atoms with Crippen LogP contribution in [0.5, 0.6) is 11.5 Å². The fraction of sp³-hybridized carbons (Fsp3) is 0.348. The standard InChI is InChI=1S/C23H27NO6/c1-23(2,3)30-22(27)24-20(15-8-17(28-4)10-18(9-15)29-5)11-19-16(13-26)6-14(12-25)7-21(19)24/h6-11,25-26H,12-13H2,1-5H3. The van der Waals surface area contributed by atoms with Crippen LogP contribution < -0.4 is 9.47 Å². The zero-order valence-electron chi connectivity index (χ0n) is 17.9. The van der Waals surface area contributed by atoms with Gasteiger partial charge in [0.05, 0.1) is 38.6 Å². The van der Waals surface area contributed by atoms with Crippen molar-refractivity contribution in [3.8, 4) is 22.8 Å². The smallest absolute Gasteiger partial charge is 0.419 e. The minimum atomic E-state index is -0.703. The number of aromatic nitrogens is 1. The SMILES string of the molecule is COc1cc(OC)cc(-c2cc3c(CO)cc(CO)cc3n2C(=O)OC(C)(C)C)c1. The lowest BCUT2D eigenvalue weighted by molar-refractivity contribution is 0.0547. The third-order valence-electron chi connectivity index (χ3n) is 4.64. The van der Waals surface area contributed by atoms with Gasteiger partial charge in [-0.25, -0.2) is 9.36 Å². The lowest BCUT2D eigenvalue weighted by Crippen LogP contribution is -2.27. The van der Waals surface area contributed by atoms with Crippen molar-refractivity contribution in [2.75, 3.05) is 14.2 Å². The van der Waals surface area contributed by atoms with Gasteiger partial charge in [0.2, 0.25) is 0 Å². The summed E-state index contributed by atoms with van der Waals surface area (Å²) in [6.45, 7) is 4.93. The molecule has 1 aromatic heterocycles. The molecule has 0 saturated heterocycles. The van der Waals surface area contributed by atoms with Crippen LogP contribution in [-0.4, -0.2) is 40.7 Å². The molecule has 7 heteroatoms. The van der Waals surface area contributed by atoms with Crippen molar-refractivity contribution >= 4 is 17.0 Å². The predicted molar refractivity (Wildman–Crippen MR) is 114 cm³/mol. The molecule has 0 atom stereocenters. The van der Waals surface area contributed by atoms with Crippen LogP contribution in [-0.2, 0) is 18.0 Å². The second-order valence-electron chi connectivity index (χ2n) is 7.95. The topological polar surface area (TPSA) is 90.2 Å². The molecule has 0 fully saturated rings. The number of hydrogen-bond donors (Lipinski definition) is 2. The summed E-state index contributed by atoms with van der Waals surface area (Å²) in [7, 11) is 3.11. The zero-order chi connectivity index (χ0) is 22.1. The fourth-order valence-electron chi connectivity index (χ4n) is 3.34. The molecule has 7 nitrogen and oxygen atoms in total. The Morgan fingerprint density at radius 3 is 2.07 bits per heavy atom. The average molecular weight is 413 g/mol. The molecular weight excluding hydrogens is 386 g/mol. The van der Waals surface area contributed by atoms with Gasteiger partial charge in [-0.3, -0.25) is 0 Å². The van der Waals surface area contributed by atoms with Crippen molar-refractivity contribution in [3.63, 3.8) is 0 Å². The molecule has 0 radical (unpaired) electrons. The molecule has 0 spiro atoms. The van der Waals surface area contributed by atoms with Gasteiger partial charge in [0.25, 0.3) is 0 Å². The highest BCUT2D eigenvalue weighted by atomic mass is 16.6. The molecule has 0 bridgehead atoms. The first-order chi connectivity index (χ1) is 14.2. The van der Waals surface area contributed by atoms with Crippen molar-refractivity contribution in [2.24, 2.45) is 0 Å². The number of fused-ring (bicyclic) bond motifs is 1. The molecule has 1 heterocycles. The summed E-state index contributed by atoms with van der Waals surface area (Å²) in [6, 6.07) is 10.6. The number of methoxy groups -OCH3 is 2. The number of ether oxygens (including phenoxy) is 3. The van der Waals surface area contributed by atoms with Gasteiger partial charge in [0.15, 0.2) is 0 Å². The highest BCUT2D eigenvalue weighted by Crippen LogP contribution is 2.36. The summed E-state index contributed by atoms with van der Waals surface area (Å²) in [5, 5.41) is 20.2. The normalized spacial score (nSPS) is 11.6. The average Bonchev–Trinajstić information content (AvgIpc) is 3.10. The van der Waals surface area contributed by atoms with Gasteiger partial charge in [0, 0.05) is 17.0 Å².